The molecule has 3 atom stereocenters. The molecule has 17 heteroatoms. The van der Waals surface area contributed by atoms with Gasteiger partial charge in [0.25, 0.3) is 5.91 Å². The van der Waals surface area contributed by atoms with Crippen molar-refractivity contribution >= 4 is 51.5 Å². The highest BCUT2D eigenvalue weighted by Crippen LogP contribution is 2.42. The Hall–Kier alpha value is -5.08. The van der Waals surface area contributed by atoms with Crippen molar-refractivity contribution < 1.29 is 31.8 Å². The summed E-state index contributed by atoms with van der Waals surface area (Å²) in [6.45, 7) is 1.67. The molecule has 52 heavy (non-hydrogen) atoms. The van der Waals surface area contributed by atoms with Gasteiger partial charge in [-0.25, -0.2) is 27.5 Å². The van der Waals surface area contributed by atoms with Crippen molar-refractivity contribution in [3.8, 4) is 17.8 Å². The molecule has 12 nitrogen and oxygen atoms in total. The lowest BCUT2D eigenvalue weighted by Crippen LogP contribution is -2.55. The van der Waals surface area contributed by atoms with E-state index in [1.807, 2.05) is 0 Å². The molecule has 3 aromatic heterocycles. The summed E-state index contributed by atoms with van der Waals surface area (Å²) in [6, 6.07) is 5.54. The van der Waals surface area contributed by atoms with Crippen LogP contribution in [0.15, 0.2) is 41.8 Å². The third-order valence-corrected chi connectivity index (χ3v) is 10.9. The van der Waals surface area contributed by atoms with Gasteiger partial charge in [0, 0.05) is 56.4 Å². The summed E-state index contributed by atoms with van der Waals surface area (Å²) >= 11 is 1.18. The average molecular weight is 736 g/mol. The number of carbonyl (C=O) groups is 1. The first-order valence-corrected chi connectivity index (χ1v) is 17.9. The van der Waals surface area contributed by atoms with Gasteiger partial charge in [0.2, 0.25) is 0 Å². The number of carbonyl (C=O) groups excluding carboxylic acids is 1. The average Bonchev–Trinajstić information content (AvgIpc) is 3.87. The number of hydrogen-bond acceptors (Lipinski definition) is 12. The van der Waals surface area contributed by atoms with E-state index in [1.54, 1.807) is 16.3 Å². The Morgan fingerprint density at radius 2 is 2.04 bits per heavy atom. The number of aromatic nitrogens is 4. The van der Waals surface area contributed by atoms with E-state index in [0.29, 0.717) is 18.0 Å². The molecule has 1 aromatic carbocycles. The summed E-state index contributed by atoms with van der Waals surface area (Å²) in [6.07, 6.45) is 4.80. The highest BCUT2D eigenvalue weighted by Gasteiger charge is 2.49. The predicted molar refractivity (Wildman–Crippen MR) is 184 cm³/mol. The monoisotopic (exact) mass is 735 g/mol. The number of nitrogens with zero attached hydrogens (tertiary/aromatic N) is 9. The fourth-order valence-electron chi connectivity index (χ4n) is 7.81. The van der Waals surface area contributed by atoms with Crippen molar-refractivity contribution in [1.29, 1.82) is 5.26 Å². The first-order valence-electron chi connectivity index (χ1n) is 17.0. The van der Waals surface area contributed by atoms with Gasteiger partial charge in [0.15, 0.2) is 23.3 Å². The molecule has 3 saturated heterocycles. The number of hydrogen-bond donors (Lipinski definition) is 0. The summed E-state index contributed by atoms with van der Waals surface area (Å²) in [4.78, 5) is 37.4. The molecule has 3 fully saturated rings. The van der Waals surface area contributed by atoms with Gasteiger partial charge in [-0.15, -0.1) is 11.3 Å². The smallest absolute Gasteiger partial charge is 0.319 e. The summed E-state index contributed by atoms with van der Waals surface area (Å²) in [7, 11) is 0. The van der Waals surface area contributed by atoms with Crippen molar-refractivity contribution in [3.63, 3.8) is 0 Å². The van der Waals surface area contributed by atoms with E-state index in [9.17, 15) is 14.4 Å². The quantitative estimate of drug-likeness (QED) is 0.176. The zero-order valence-corrected chi connectivity index (χ0v) is 28.7. The summed E-state index contributed by atoms with van der Waals surface area (Å²) < 4.78 is 73.4. The molecule has 0 bridgehead atoms. The first kappa shape index (κ1) is 34.0. The third kappa shape index (κ3) is 6.13. The van der Waals surface area contributed by atoms with E-state index >= 15 is 13.2 Å². The number of rotatable bonds is 8. The van der Waals surface area contributed by atoms with Crippen LogP contribution < -0.4 is 19.3 Å². The number of piperazine rings is 1. The van der Waals surface area contributed by atoms with Crippen LogP contribution in [0.1, 0.15) is 30.7 Å². The second-order valence-corrected chi connectivity index (χ2v) is 14.2. The molecule has 0 unspecified atom stereocenters. The Balaban J connectivity index is 1.16. The van der Waals surface area contributed by atoms with Crippen molar-refractivity contribution in [2.75, 3.05) is 62.3 Å². The lowest BCUT2D eigenvalue weighted by molar-refractivity contribution is -0.131. The number of amides is 1. The number of halogens is 4. The van der Waals surface area contributed by atoms with Crippen LogP contribution in [0.25, 0.3) is 17.0 Å². The lowest BCUT2D eigenvalue weighted by Gasteiger charge is -2.41. The van der Waals surface area contributed by atoms with Crippen LogP contribution >= 0.6 is 11.3 Å². The topological polar surface area (TPSA) is 124 Å². The fraction of sp³-hybridized carbons (Fsp3) is 0.429. The maximum Gasteiger partial charge on any atom is 0.319 e. The second kappa shape index (κ2) is 13.8. The summed E-state index contributed by atoms with van der Waals surface area (Å²) in [5.74, 6) is -3.02. The van der Waals surface area contributed by atoms with E-state index in [-0.39, 0.29) is 85.8 Å². The first-order chi connectivity index (χ1) is 25.2. The Morgan fingerprint density at radius 3 is 2.87 bits per heavy atom. The van der Waals surface area contributed by atoms with Crippen LogP contribution in [0, 0.1) is 23.0 Å². The van der Waals surface area contributed by atoms with Crippen molar-refractivity contribution in [1.82, 2.24) is 29.7 Å². The molecule has 0 saturated carbocycles. The number of anilines is 3. The van der Waals surface area contributed by atoms with E-state index < -0.39 is 41.1 Å². The highest BCUT2D eigenvalue weighted by molar-refractivity contribution is 7.10. The number of alkyl halides is 1. The van der Waals surface area contributed by atoms with Crippen LogP contribution in [0.5, 0.6) is 11.8 Å². The van der Waals surface area contributed by atoms with Crippen LogP contribution in [0.2, 0.25) is 0 Å². The molecule has 270 valence electrons. The molecule has 4 aliphatic rings. The van der Waals surface area contributed by atoms with Crippen LogP contribution in [-0.2, 0) is 4.79 Å². The minimum Gasteiger partial charge on any atom is -0.489 e. The fourth-order valence-corrected chi connectivity index (χ4v) is 8.36. The summed E-state index contributed by atoms with van der Waals surface area (Å²) in [5, 5.41) is 11.9. The van der Waals surface area contributed by atoms with Gasteiger partial charge < -0.3 is 24.2 Å². The number of nitriles is 1. The Kier molecular flexibility index (Phi) is 9.04. The highest BCUT2D eigenvalue weighted by atomic mass is 32.1. The van der Waals surface area contributed by atoms with E-state index in [1.165, 1.54) is 45.7 Å². The lowest BCUT2D eigenvalue weighted by atomic mass is 9.95. The van der Waals surface area contributed by atoms with Crippen molar-refractivity contribution in [3.05, 3.63) is 58.4 Å². The number of para-hydroxylation sites is 1. The largest absolute Gasteiger partial charge is 0.489 e. The Labute approximate surface area is 299 Å². The maximum atomic E-state index is 16.8. The van der Waals surface area contributed by atoms with Crippen molar-refractivity contribution in [2.24, 2.45) is 0 Å². The van der Waals surface area contributed by atoms with Crippen LogP contribution in [0.3, 0.4) is 0 Å². The third-order valence-electron chi connectivity index (χ3n) is 10.2. The standard InChI is InChI=1S/C35H33F4N9O3S/c36-21-16-35(6-2-9-46(35)18-21)20-51-34-43-29-23(17-42-32(28(29)39)48-12-13-50-26-4-1-3-24(37)30(26)48)31(44-34)45-10-11-47(22(19-45)5-7-40)33(49)25(38)15-27-41-8-14-52-27/h1,3-4,8,14-15,17,21-22H,2,5-6,9-13,16,18-20H2/b25-15-/t21-,22+,35+/m1/s1. The Bertz CT molecular complexity index is 2080. The van der Waals surface area contributed by atoms with Gasteiger partial charge >= 0.3 is 6.01 Å². The van der Waals surface area contributed by atoms with E-state index in [0.717, 1.165) is 25.5 Å². The van der Waals surface area contributed by atoms with E-state index in [2.05, 4.69) is 25.9 Å². The molecule has 0 spiro atoms. The molecular weight excluding hydrogens is 703 g/mol. The van der Waals surface area contributed by atoms with Crippen LogP contribution in [0.4, 0.5) is 34.9 Å². The molecular formula is C35H33F4N9O3S. The number of ether oxygens (including phenoxy) is 2. The van der Waals surface area contributed by atoms with Gasteiger partial charge in [0.1, 0.15) is 47.2 Å². The summed E-state index contributed by atoms with van der Waals surface area (Å²) in [5.41, 5.74) is -0.628. The van der Waals surface area contributed by atoms with Crippen molar-refractivity contribution in [2.45, 2.75) is 43.4 Å². The molecule has 8 rings (SSSR count). The molecule has 0 aliphatic carbocycles. The minimum absolute atomic E-state index is 0.0276. The maximum absolute atomic E-state index is 16.8. The number of pyridine rings is 1. The van der Waals surface area contributed by atoms with Gasteiger partial charge in [-0.1, -0.05) is 6.07 Å². The van der Waals surface area contributed by atoms with E-state index in [4.69, 9.17) is 14.5 Å². The minimum atomic E-state index is -1.00. The molecule has 4 aliphatic heterocycles. The number of benzene rings is 1. The van der Waals surface area contributed by atoms with Gasteiger partial charge in [-0.3, -0.25) is 9.69 Å². The van der Waals surface area contributed by atoms with Gasteiger partial charge in [-0.2, -0.15) is 15.2 Å². The number of thiazole rings is 1. The molecule has 0 radical (unpaired) electrons. The molecule has 1 amide bonds. The zero-order valence-electron chi connectivity index (χ0n) is 27.9. The van der Waals surface area contributed by atoms with Crippen LogP contribution in [-0.4, -0.2) is 106 Å². The predicted octanol–water partition coefficient (Wildman–Crippen LogP) is 5.19. The SMILES string of the molecule is N#CC[C@H]1CN(c2nc(OC[C@@]34CCCN3C[C@H](F)C4)nc3c(F)c(N4CCOc5cccc(F)c54)ncc23)CCN1C(=O)/C(F)=C/c1nccs1. The Morgan fingerprint density at radius 1 is 1.15 bits per heavy atom. The van der Waals surface area contributed by atoms with Gasteiger partial charge in [-0.05, 0) is 31.5 Å². The molecule has 7 heterocycles. The zero-order chi connectivity index (χ0) is 36.0. The molecule has 4 aromatic rings. The second-order valence-electron chi connectivity index (χ2n) is 13.3. The number of fused-ring (bicyclic) bond motifs is 3. The normalized spacial score (nSPS) is 23.4. The molecule has 0 N–H and O–H groups in total. The van der Waals surface area contributed by atoms with Gasteiger partial charge in [0.05, 0.1) is 36.0 Å².